The zero-order valence-corrected chi connectivity index (χ0v) is 13.9. The first-order valence-electron chi connectivity index (χ1n) is 7.75. The number of benzene rings is 2. The van der Waals surface area contributed by atoms with Gasteiger partial charge >= 0.3 is 0 Å². The highest BCUT2D eigenvalue weighted by Crippen LogP contribution is 2.20. The molecule has 1 heterocycles. The maximum absolute atomic E-state index is 13.2. The minimum Gasteiger partial charge on any atom is -0.324 e. The van der Waals surface area contributed by atoms with E-state index in [2.05, 4.69) is 20.6 Å². The highest BCUT2D eigenvalue weighted by Gasteiger charge is 2.11. The predicted octanol–water partition coefficient (Wildman–Crippen LogP) is 4.23. The SMILES string of the molecule is Cc1cccc(C)c1NC(=O)c1cnc(Nc2cccc(F)c2)nc1. The average molecular weight is 336 g/mol. The first-order chi connectivity index (χ1) is 12.0. The van der Waals surface area contributed by atoms with Gasteiger partial charge in [0.2, 0.25) is 5.95 Å². The Bertz CT molecular complexity index is 889. The van der Waals surface area contributed by atoms with E-state index in [9.17, 15) is 9.18 Å². The number of aromatic nitrogens is 2. The van der Waals surface area contributed by atoms with Crippen LogP contribution in [0, 0.1) is 19.7 Å². The van der Waals surface area contributed by atoms with Crippen molar-refractivity contribution < 1.29 is 9.18 Å². The van der Waals surface area contributed by atoms with E-state index in [1.165, 1.54) is 24.5 Å². The van der Waals surface area contributed by atoms with Gasteiger partial charge in [0.05, 0.1) is 5.56 Å². The summed E-state index contributed by atoms with van der Waals surface area (Å²) in [6.45, 7) is 3.87. The second kappa shape index (κ2) is 7.09. The number of halogens is 1. The van der Waals surface area contributed by atoms with Crippen molar-refractivity contribution in [2.24, 2.45) is 0 Å². The number of aryl methyl sites for hydroxylation is 2. The standard InChI is InChI=1S/C19H17FN4O/c1-12-5-3-6-13(2)17(12)24-18(25)14-10-21-19(22-11-14)23-16-8-4-7-15(20)9-16/h3-11H,1-2H3,(H,24,25)(H,21,22,23). The normalized spacial score (nSPS) is 10.4. The topological polar surface area (TPSA) is 66.9 Å². The van der Waals surface area contributed by atoms with Crippen LogP contribution in [0.1, 0.15) is 21.5 Å². The summed E-state index contributed by atoms with van der Waals surface area (Å²) in [4.78, 5) is 20.6. The smallest absolute Gasteiger partial charge is 0.258 e. The molecule has 0 spiro atoms. The van der Waals surface area contributed by atoms with E-state index in [1.54, 1.807) is 12.1 Å². The number of anilines is 3. The third-order valence-electron chi connectivity index (χ3n) is 3.71. The van der Waals surface area contributed by atoms with E-state index >= 15 is 0 Å². The van der Waals surface area contributed by atoms with E-state index in [0.717, 1.165) is 16.8 Å². The van der Waals surface area contributed by atoms with Gasteiger partial charge in [0.25, 0.3) is 5.91 Å². The van der Waals surface area contributed by atoms with Crippen LogP contribution in [0.15, 0.2) is 54.9 Å². The number of para-hydroxylation sites is 1. The minimum absolute atomic E-state index is 0.283. The van der Waals surface area contributed by atoms with Crippen LogP contribution in [-0.4, -0.2) is 15.9 Å². The fraction of sp³-hybridized carbons (Fsp3) is 0.105. The monoisotopic (exact) mass is 336 g/mol. The second-order valence-electron chi connectivity index (χ2n) is 5.65. The van der Waals surface area contributed by atoms with Crippen molar-refractivity contribution in [3.8, 4) is 0 Å². The second-order valence-corrected chi connectivity index (χ2v) is 5.65. The molecule has 5 nitrogen and oxygen atoms in total. The third-order valence-corrected chi connectivity index (χ3v) is 3.71. The lowest BCUT2D eigenvalue weighted by Gasteiger charge is -2.11. The van der Waals surface area contributed by atoms with E-state index in [-0.39, 0.29) is 17.7 Å². The molecule has 0 saturated carbocycles. The summed E-state index contributed by atoms with van der Waals surface area (Å²) in [5.74, 6) is -0.349. The molecule has 0 atom stereocenters. The lowest BCUT2D eigenvalue weighted by molar-refractivity contribution is 0.102. The quantitative estimate of drug-likeness (QED) is 0.748. The largest absolute Gasteiger partial charge is 0.324 e. The molecule has 6 heteroatoms. The first-order valence-corrected chi connectivity index (χ1v) is 7.75. The van der Waals surface area contributed by atoms with Crippen molar-refractivity contribution in [2.75, 3.05) is 10.6 Å². The van der Waals surface area contributed by atoms with Crippen molar-refractivity contribution in [3.63, 3.8) is 0 Å². The number of hydrogen-bond acceptors (Lipinski definition) is 4. The van der Waals surface area contributed by atoms with E-state index in [1.807, 2.05) is 32.0 Å². The number of amides is 1. The zero-order chi connectivity index (χ0) is 17.8. The maximum atomic E-state index is 13.2. The molecule has 0 aliphatic carbocycles. The molecule has 126 valence electrons. The molecule has 2 N–H and O–H groups in total. The van der Waals surface area contributed by atoms with E-state index in [0.29, 0.717) is 11.3 Å². The van der Waals surface area contributed by atoms with E-state index < -0.39 is 0 Å². The van der Waals surface area contributed by atoms with Gasteiger partial charge < -0.3 is 10.6 Å². The van der Waals surface area contributed by atoms with Gasteiger partial charge in [0.15, 0.2) is 0 Å². The van der Waals surface area contributed by atoms with Crippen LogP contribution in [0.3, 0.4) is 0 Å². The summed E-state index contributed by atoms with van der Waals surface area (Å²) in [7, 11) is 0. The summed E-state index contributed by atoms with van der Waals surface area (Å²) in [6, 6.07) is 11.8. The summed E-state index contributed by atoms with van der Waals surface area (Å²) in [6.07, 6.45) is 2.86. The Labute approximate surface area is 145 Å². The molecular formula is C19H17FN4O. The molecule has 0 bridgehead atoms. The summed E-state index contributed by atoms with van der Waals surface area (Å²) in [5.41, 5.74) is 3.63. The Hall–Kier alpha value is -3.28. The van der Waals surface area contributed by atoms with Gasteiger partial charge in [0, 0.05) is 23.8 Å². The molecule has 0 radical (unpaired) electrons. The van der Waals surface area contributed by atoms with Crippen molar-refractivity contribution in [2.45, 2.75) is 13.8 Å². The number of hydrogen-bond donors (Lipinski definition) is 2. The molecular weight excluding hydrogens is 319 g/mol. The average Bonchev–Trinajstić information content (AvgIpc) is 2.59. The van der Waals surface area contributed by atoms with Crippen LogP contribution in [-0.2, 0) is 0 Å². The van der Waals surface area contributed by atoms with Crippen LogP contribution < -0.4 is 10.6 Å². The molecule has 0 aliphatic heterocycles. The molecule has 3 rings (SSSR count). The molecule has 0 aliphatic rings. The highest BCUT2D eigenvalue weighted by molar-refractivity contribution is 6.04. The van der Waals surface area contributed by atoms with Gasteiger partial charge in [-0.15, -0.1) is 0 Å². The molecule has 0 fully saturated rings. The molecule has 3 aromatic rings. The van der Waals surface area contributed by atoms with Crippen LogP contribution in [0.4, 0.5) is 21.7 Å². The van der Waals surface area contributed by atoms with Gasteiger partial charge in [-0.3, -0.25) is 4.79 Å². The number of nitrogens with one attached hydrogen (secondary N) is 2. The van der Waals surface area contributed by atoms with Gasteiger partial charge in [-0.05, 0) is 43.2 Å². The number of carbonyl (C=O) groups excluding carboxylic acids is 1. The maximum Gasteiger partial charge on any atom is 0.258 e. The predicted molar refractivity (Wildman–Crippen MR) is 95.6 cm³/mol. The van der Waals surface area contributed by atoms with Gasteiger partial charge in [-0.25, -0.2) is 14.4 Å². The number of rotatable bonds is 4. The lowest BCUT2D eigenvalue weighted by atomic mass is 10.1. The summed E-state index contributed by atoms with van der Waals surface area (Å²) < 4.78 is 13.2. The van der Waals surface area contributed by atoms with Crippen molar-refractivity contribution in [3.05, 3.63) is 77.4 Å². The van der Waals surface area contributed by atoms with Crippen LogP contribution in [0.5, 0.6) is 0 Å². The van der Waals surface area contributed by atoms with Crippen LogP contribution in [0.25, 0.3) is 0 Å². The molecule has 0 saturated heterocycles. The Morgan fingerprint density at radius 2 is 1.64 bits per heavy atom. The van der Waals surface area contributed by atoms with Crippen molar-refractivity contribution >= 4 is 23.2 Å². The number of carbonyl (C=O) groups is 1. The minimum atomic E-state index is -0.352. The Balaban J connectivity index is 1.72. The number of nitrogens with zero attached hydrogens (tertiary/aromatic N) is 2. The zero-order valence-electron chi connectivity index (χ0n) is 13.9. The third kappa shape index (κ3) is 3.98. The van der Waals surface area contributed by atoms with Gasteiger partial charge in [-0.2, -0.15) is 0 Å². The van der Waals surface area contributed by atoms with E-state index in [4.69, 9.17) is 0 Å². The highest BCUT2D eigenvalue weighted by atomic mass is 19.1. The molecule has 25 heavy (non-hydrogen) atoms. The van der Waals surface area contributed by atoms with Crippen LogP contribution >= 0.6 is 0 Å². The van der Waals surface area contributed by atoms with Crippen molar-refractivity contribution in [1.29, 1.82) is 0 Å². The molecule has 1 aromatic heterocycles. The summed E-state index contributed by atoms with van der Waals surface area (Å²) in [5, 5.41) is 5.77. The molecule has 1 amide bonds. The fourth-order valence-corrected chi connectivity index (χ4v) is 2.40. The van der Waals surface area contributed by atoms with Gasteiger partial charge in [0.1, 0.15) is 5.82 Å². The summed E-state index contributed by atoms with van der Waals surface area (Å²) >= 11 is 0. The Morgan fingerprint density at radius 3 is 2.28 bits per heavy atom. The van der Waals surface area contributed by atoms with Gasteiger partial charge in [-0.1, -0.05) is 24.3 Å². The fourth-order valence-electron chi connectivity index (χ4n) is 2.40. The Kier molecular flexibility index (Phi) is 4.70. The first kappa shape index (κ1) is 16.6. The molecule has 2 aromatic carbocycles. The van der Waals surface area contributed by atoms with Crippen molar-refractivity contribution in [1.82, 2.24) is 9.97 Å². The molecule has 0 unspecified atom stereocenters. The van der Waals surface area contributed by atoms with Crippen LogP contribution in [0.2, 0.25) is 0 Å². The lowest BCUT2D eigenvalue weighted by Crippen LogP contribution is -2.14. The Morgan fingerprint density at radius 1 is 1.00 bits per heavy atom.